The van der Waals surface area contributed by atoms with Crippen LogP contribution in [0.5, 0.6) is 0 Å². The van der Waals surface area contributed by atoms with Gasteiger partial charge in [0.15, 0.2) is 0 Å². The molecule has 0 atom stereocenters. The van der Waals surface area contributed by atoms with Crippen LogP contribution in [0.4, 0.5) is 11.4 Å². The standard InChI is InChI=1S/C21H21N5O2/c1-12-7-8-17-16(9-12)24-21(25(17)3)19-18(28)11-26(20(19)22)15-6-4-5-14(10-15)23-13(2)27/h4-10,22,28H,11H2,1-3H3,(H,23,27). The third-order valence-corrected chi connectivity index (χ3v) is 4.84. The average Bonchev–Trinajstić information content (AvgIpc) is 3.10. The molecule has 3 N–H and O–H groups in total. The van der Waals surface area contributed by atoms with Crippen molar-refractivity contribution in [3.05, 3.63) is 59.6 Å². The van der Waals surface area contributed by atoms with Crippen LogP contribution in [-0.2, 0) is 11.8 Å². The molecule has 0 radical (unpaired) electrons. The number of hydrogen-bond donors (Lipinski definition) is 3. The summed E-state index contributed by atoms with van der Waals surface area (Å²) in [6.07, 6.45) is 0. The Morgan fingerprint density at radius 1 is 1.25 bits per heavy atom. The lowest BCUT2D eigenvalue weighted by Crippen LogP contribution is -2.26. The Morgan fingerprint density at radius 3 is 2.79 bits per heavy atom. The Kier molecular flexibility index (Phi) is 4.15. The highest BCUT2D eigenvalue weighted by atomic mass is 16.3. The van der Waals surface area contributed by atoms with E-state index in [1.165, 1.54) is 6.92 Å². The molecule has 1 aliphatic rings. The van der Waals surface area contributed by atoms with Crippen molar-refractivity contribution in [1.82, 2.24) is 9.55 Å². The lowest BCUT2D eigenvalue weighted by molar-refractivity contribution is -0.114. The van der Waals surface area contributed by atoms with Gasteiger partial charge < -0.3 is 19.9 Å². The van der Waals surface area contributed by atoms with Crippen molar-refractivity contribution in [1.29, 1.82) is 5.41 Å². The molecule has 4 rings (SSSR count). The van der Waals surface area contributed by atoms with Gasteiger partial charge in [0.25, 0.3) is 0 Å². The molecule has 142 valence electrons. The molecule has 0 saturated heterocycles. The zero-order chi connectivity index (χ0) is 20.0. The minimum absolute atomic E-state index is 0.102. The Morgan fingerprint density at radius 2 is 2.04 bits per heavy atom. The summed E-state index contributed by atoms with van der Waals surface area (Å²) >= 11 is 0. The van der Waals surface area contributed by atoms with E-state index in [1.807, 2.05) is 42.8 Å². The lowest BCUT2D eigenvalue weighted by Gasteiger charge is -2.19. The normalized spacial score (nSPS) is 14.2. The SMILES string of the molecule is CC(=O)Nc1cccc(N2CC(O)=C(c3nc4cc(C)ccc4n3C)C2=N)c1. The van der Waals surface area contributed by atoms with Crippen LogP contribution < -0.4 is 10.2 Å². The van der Waals surface area contributed by atoms with Crippen LogP contribution in [0.1, 0.15) is 18.3 Å². The number of amides is 1. The summed E-state index contributed by atoms with van der Waals surface area (Å²) in [7, 11) is 1.88. The van der Waals surface area contributed by atoms with Gasteiger partial charge in [-0.1, -0.05) is 12.1 Å². The zero-order valence-electron chi connectivity index (χ0n) is 15.9. The Balaban J connectivity index is 1.72. The Bertz CT molecular complexity index is 1160. The maximum atomic E-state index is 11.3. The molecule has 1 aliphatic heterocycles. The van der Waals surface area contributed by atoms with E-state index in [4.69, 9.17) is 5.41 Å². The van der Waals surface area contributed by atoms with Crippen molar-refractivity contribution in [2.24, 2.45) is 7.05 Å². The van der Waals surface area contributed by atoms with Gasteiger partial charge in [0.05, 0.1) is 23.2 Å². The summed E-state index contributed by atoms with van der Waals surface area (Å²) in [6.45, 7) is 3.63. The fraction of sp³-hybridized carbons (Fsp3) is 0.190. The number of aliphatic hydroxyl groups is 1. The number of nitrogens with zero attached hydrogens (tertiary/aromatic N) is 3. The highest BCUT2D eigenvalue weighted by Gasteiger charge is 2.32. The van der Waals surface area contributed by atoms with Crippen LogP contribution in [-0.4, -0.2) is 32.9 Å². The van der Waals surface area contributed by atoms with E-state index in [0.29, 0.717) is 22.8 Å². The number of hydrogen-bond acceptors (Lipinski definition) is 4. The van der Waals surface area contributed by atoms with Crippen molar-refractivity contribution >= 4 is 39.7 Å². The van der Waals surface area contributed by atoms with Gasteiger partial charge in [0, 0.05) is 25.3 Å². The third kappa shape index (κ3) is 2.90. The summed E-state index contributed by atoms with van der Waals surface area (Å²) < 4.78 is 1.89. The number of amidine groups is 1. The quantitative estimate of drug-likeness (QED) is 0.652. The molecule has 0 fully saturated rings. The van der Waals surface area contributed by atoms with E-state index in [2.05, 4.69) is 10.3 Å². The Hall–Kier alpha value is -3.61. The van der Waals surface area contributed by atoms with E-state index >= 15 is 0 Å². The van der Waals surface area contributed by atoms with Gasteiger partial charge >= 0.3 is 0 Å². The molecule has 3 aromatic rings. The summed E-state index contributed by atoms with van der Waals surface area (Å²) in [5.74, 6) is 0.673. The zero-order valence-corrected chi connectivity index (χ0v) is 15.9. The summed E-state index contributed by atoms with van der Waals surface area (Å²) in [6, 6.07) is 13.2. The number of fused-ring (bicyclic) bond motifs is 1. The van der Waals surface area contributed by atoms with Crippen LogP contribution >= 0.6 is 0 Å². The fourth-order valence-corrected chi connectivity index (χ4v) is 3.52. The van der Waals surface area contributed by atoms with Crippen LogP contribution in [0.3, 0.4) is 0 Å². The third-order valence-electron chi connectivity index (χ3n) is 4.84. The molecule has 7 nitrogen and oxygen atoms in total. The van der Waals surface area contributed by atoms with E-state index in [9.17, 15) is 9.90 Å². The van der Waals surface area contributed by atoms with Crippen LogP contribution in [0.15, 0.2) is 48.2 Å². The van der Waals surface area contributed by atoms with E-state index < -0.39 is 0 Å². The molecule has 2 heterocycles. The number of carbonyl (C=O) groups excluding carboxylic acids is 1. The van der Waals surface area contributed by atoms with Gasteiger partial charge in [-0.15, -0.1) is 0 Å². The number of aryl methyl sites for hydroxylation is 2. The van der Waals surface area contributed by atoms with Crippen molar-refractivity contribution in [2.45, 2.75) is 13.8 Å². The first-order valence-corrected chi connectivity index (χ1v) is 8.95. The number of nitrogens with one attached hydrogen (secondary N) is 2. The first-order valence-electron chi connectivity index (χ1n) is 8.95. The number of carbonyl (C=O) groups is 1. The minimum Gasteiger partial charge on any atom is -0.509 e. The van der Waals surface area contributed by atoms with E-state index in [-0.39, 0.29) is 24.0 Å². The molecule has 7 heteroatoms. The van der Waals surface area contributed by atoms with Gasteiger partial charge in [-0.3, -0.25) is 10.2 Å². The second-order valence-electron chi connectivity index (χ2n) is 6.97. The van der Waals surface area contributed by atoms with Crippen LogP contribution in [0.25, 0.3) is 16.6 Å². The predicted octanol–water partition coefficient (Wildman–Crippen LogP) is 3.61. The van der Waals surface area contributed by atoms with Gasteiger partial charge in [0.2, 0.25) is 5.91 Å². The maximum absolute atomic E-state index is 11.3. The van der Waals surface area contributed by atoms with E-state index in [0.717, 1.165) is 16.6 Å². The van der Waals surface area contributed by atoms with Gasteiger partial charge in [-0.25, -0.2) is 4.98 Å². The fourth-order valence-electron chi connectivity index (χ4n) is 3.52. The molecule has 0 unspecified atom stereocenters. The van der Waals surface area contributed by atoms with Crippen molar-refractivity contribution in [3.8, 4) is 0 Å². The van der Waals surface area contributed by atoms with Gasteiger partial charge in [-0.2, -0.15) is 0 Å². The number of imidazole rings is 1. The summed E-state index contributed by atoms with van der Waals surface area (Å²) in [5, 5.41) is 22.0. The van der Waals surface area contributed by atoms with Crippen molar-refractivity contribution < 1.29 is 9.90 Å². The smallest absolute Gasteiger partial charge is 0.221 e. The maximum Gasteiger partial charge on any atom is 0.221 e. The molecule has 0 saturated carbocycles. The average molecular weight is 375 g/mol. The number of benzene rings is 2. The molecule has 1 amide bonds. The number of rotatable bonds is 3. The minimum atomic E-state index is -0.162. The number of anilines is 2. The molecular formula is C21H21N5O2. The monoisotopic (exact) mass is 375 g/mol. The molecular weight excluding hydrogens is 354 g/mol. The molecule has 1 aromatic heterocycles. The molecule has 0 spiro atoms. The lowest BCUT2D eigenvalue weighted by atomic mass is 10.2. The van der Waals surface area contributed by atoms with Crippen molar-refractivity contribution in [2.75, 3.05) is 16.8 Å². The van der Waals surface area contributed by atoms with Crippen LogP contribution in [0, 0.1) is 12.3 Å². The molecule has 2 aromatic carbocycles. The van der Waals surface area contributed by atoms with Gasteiger partial charge in [-0.05, 0) is 42.8 Å². The second-order valence-corrected chi connectivity index (χ2v) is 6.97. The van der Waals surface area contributed by atoms with Crippen LogP contribution in [0.2, 0.25) is 0 Å². The van der Waals surface area contributed by atoms with Gasteiger partial charge in [0.1, 0.15) is 17.4 Å². The Labute approximate surface area is 162 Å². The number of aliphatic hydroxyl groups excluding tert-OH is 1. The highest BCUT2D eigenvalue weighted by Crippen LogP contribution is 2.33. The summed E-state index contributed by atoms with van der Waals surface area (Å²) in [4.78, 5) is 17.7. The molecule has 28 heavy (non-hydrogen) atoms. The predicted molar refractivity (Wildman–Crippen MR) is 111 cm³/mol. The second kappa shape index (κ2) is 6.53. The van der Waals surface area contributed by atoms with Crippen molar-refractivity contribution in [3.63, 3.8) is 0 Å². The van der Waals surface area contributed by atoms with E-state index in [1.54, 1.807) is 23.1 Å². The number of aromatic nitrogens is 2. The summed E-state index contributed by atoms with van der Waals surface area (Å²) in [5.41, 5.74) is 4.66. The topological polar surface area (TPSA) is 94.2 Å². The molecule has 0 aliphatic carbocycles. The first kappa shape index (κ1) is 17.8. The highest BCUT2D eigenvalue weighted by molar-refractivity contribution is 6.30. The first-order chi connectivity index (χ1) is 13.3. The molecule has 0 bridgehead atoms. The largest absolute Gasteiger partial charge is 0.509 e.